The van der Waals surface area contributed by atoms with Crippen LogP contribution in [0, 0.1) is 18.3 Å². The first-order valence-electron chi connectivity index (χ1n) is 8.49. The van der Waals surface area contributed by atoms with Gasteiger partial charge in [-0.25, -0.2) is 0 Å². The molecule has 1 saturated heterocycles. The van der Waals surface area contributed by atoms with E-state index in [1.165, 1.54) is 11.1 Å². The third-order valence-electron chi connectivity index (χ3n) is 5.80. The third-order valence-corrected chi connectivity index (χ3v) is 5.80. The number of nitrogens with zero attached hydrogens (tertiary/aromatic N) is 1. The summed E-state index contributed by atoms with van der Waals surface area (Å²) < 4.78 is 0. The highest BCUT2D eigenvalue weighted by Gasteiger charge is 2.59. The smallest absolute Gasteiger partial charge is 0.307 e. The van der Waals surface area contributed by atoms with Crippen molar-refractivity contribution in [3.63, 3.8) is 0 Å². The molecule has 1 heterocycles. The van der Waals surface area contributed by atoms with Crippen LogP contribution in [0.1, 0.15) is 49.7 Å². The van der Waals surface area contributed by atoms with Gasteiger partial charge in [0.15, 0.2) is 0 Å². The number of benzene rings is 1. The van der Waals surface area contributed by atoms with Gasteiger partial charge in [-0.05, 0) is 48.6 Å². The molecular weight excluding hydrogens is 290 g/mol. The molecule has 0 aromatic heterocycles. The van der Waals surface area contributed by atoms with Gasteiger partial charge in [0.1, 0.15) is 0 Å². The Hall–Kier alpha value is -1.84. The third kappa shape index (κ3) is 3.12. The van der Waals surface area contributed by atoms with E-state index in [0.717, 1.165) is 19.3 Å². The van der Waals surface area contributed by atoms with Crippen LogP contribution < -0.4 is 0 Å². The molecule has 1 aromatic carbocycles. The topological polar surface area (TPSA) is 57.6 Å². The quantitative estimate of drug-likeness (QED) is 0.928. The lowest BCUT2D eigenvalue weighted by Gasteiger charge is -2.33. The average molecular weight is 315 g/mol. The molecule has 1 spiro atoms. The highest BCUT2D eigenvalue weighted by molar-refractivity contribution is 5.78. The van der Waals surface area contributed by atoms with Crippen molar-refractivity contribution in [2.24, 2.45) is 11.3 Å². The second-order valence-corrected chi connectivity index (χ2v) is 7.30. The van der Waals surface area contributed by atoms with Crippen LogP contribution >= 0.6 is 0 Å². The van der Waals surface area contributed by atoms with Crippen molar-refractivity contribution in [1.82, 2.24) is 4.90 Å². The van der Waals surface area contributed by atoms with E-state index in [0.29, 0.717) is 19.5 Å². The summed E-state index contributed by atoms with van der Waals surface area (Å²) >= 11 is 0. The Kier molecular flexibility index (Phi) is 4.17. The van der Waals surface area contributed by atoms with Crippen molar-refractivity contribution in [1.29, 1.82) is 0 Å². The van der Waals surface area contributed by atoms with Crippen LogP contribution in [-0.4, -0.2) is 35.0 Å². The number of aryl methyl sites for hydroxylation is 1. The summed E-state index contributed by atoms with van der Waals surface area (Å²) in [7, 11) is 0. The van der Waals surface area contributed by atoms with Crippen LogP contribution in [0.25, 0.3) is 0 Å². The number of hydrogen-bond donors (Lipinski definition) is 1. The number of carbonyl (C=O) groups is 2. The number of hydrogen-bond acceptors (Lipinski definition) is 2. The van der Waals surface area contributed by atoms with E-state index >= 15 is 0 Å². The van der Waals surface area contributed by atoms with E-state index in [2.05, 4.69) is 26.0 Å². The monoisotopic (exact) mass is 315 g/mol. The van der Waals surface area contributed by atoms with E-state index in [9.17, 15) is 9.59 Å². The largest absolute Gasteiger partial charge is 0.481 e. The molecule has 1 aromatic rings. The Bertz CT molecular complexity index is 617. The second kappa shape index (κ2) is 5.99. The molecule has 0 radical (unpaired) electrons. The zero-order valence-electron chi connectivity index (χ0n) is 13.9. The first-order valence-corrected chi connectivity index (χ1v) is 8.49. The number of carboxylic acid groups (broad SMARTS) is 1. The van der Waals surface area contributed by atoms with Crippen molar-refractivity contribution in [3.05, 3.63) is 35.4 Å². The van der Waals surface area contributed by atoms with Gasteiger partial charge in [-0.15, -0.1) is 0 Å². The van der Waals surface area contributed by atoms with E-state index in [1.54, 1.807) is 0 Å². The van der Waals surface area contributed by atoms with Gasteiger partial charge < -0.3 is 10.0 Å². The van der Waals surface area contributed by atoms with Crippen molar-refractivity contribution in [2.75, 3.05) is 13.1 Å². The van der Waals surface area contributed by atoms with E-state index in [1.807, 2.05) is 17.0 Å². The second-order valence-electron chi connectivity index (χ2n) is 7.30. The fourth-order valence-electron chi connectivity index (χ4n) is 4.09. The maximum atomic E-state index is 12.5. The predicted octanol–water partition coefficient (Wildman–Crippen LogP) is 3.20. The van der Waals surface area contributed by atoms with Crippen LogP contribution in [0.3, 0.4) is 0 Å². The van der Waals surface area contributed by atoms with Crippen molar-refractivity contribution < 1.29 is 14.7 Å². The minimum Gasteiger partial charge on any atom is -0.481 e. The lowest BCUT2D eigenvalue weighted by Crippen LogP contribution is -2.40. The molecule has 0 bridgehead atoms. The lowest BCUT2D eigenvalue weighted by atomic mass is 9.89. The predicted molar refractivity (Wildman–Crippen MR) is 88.2 cm³/mol. The zero-order valence-corrected chi connectivity index (χ0v) is 13.9. The molecule has 1 amide bonds. The van der Waals surface area contributed by atoms with Gasteiger partial charge in [0.05, 0.1) is 5.92 Å². The summed E-state index contributed by atoms with van der Waals surface area (Å²) in [4.78, 5) is 25.6. The average Bonchev–Trinajstić information content (AvgIpc) is 3.22. The van der Waals surface area contributed by atoms with Gasteiger partial charge in [-0.3, -0.25) is 9.59 Å². The Morgan fingerprint density at radius 3 is 2.52 bits per heavy atom. The van der Waals surface area contributed by atoms with Gasteiger partial charge in [0, 0.05) is 19.5 Å². The molecule has 3 rings (SSSR count). The number of carboxylic acids is 1. The zero-order chi connectivity index (χ0) is 16.6. The first-order chi connectivity index (χ1) is 10.9. The van der Waals surface area contributed by atoms with E-state index in [4.69, 9.17) is 5.11 Å². The SMILES string of the molecule is Cc1ccccc1C(C)CC(=O)N1CCC2(CC1)CC2C(=O)O. The minimum atomic E-state index is -0.669. The molecule has 2 unspecified atom stereocenters. The number of piperidine rings is 1. The van der Waals surface area contributed by atoms with Gasteiger partial charge in [0.2, 0.25) is 5.91 Å². The van der Waals surface area contributed by atoms with Gasteiger partial charge in [0.25, 0.3) is 0 Å². The van der Waals surface area contributed by atoms with Crippen LogP contribution in [0.5, 0.6) is 0 Å². The number of amides is 1. The summed E-state index contributed by atoms with van der Waals surface area (Å²) in [5, 5.41) is 9.14. The van der Waals surface area contributed by atoms with Crippen molar-refractivity contribution >= 4 is 11.9 Å². The maximum absolute atomic E-state index is 12.5. The minimum absolute atomic E-state index is 0.00968. The molecule has 4 nitrogen and oxygen atoms in total. The molecule has 1 N–H and O–H groups in total. The standard InChI is InChI=1S/C19H25NO3/c1-13-5-3-4-6-15(13)14(2)11-17(21)20-9-7-19(8-10-20)12-16(19)18(22)23/h3-6,14,16H,7-12H2,1-2H3,(H,22,23). The number of likely N-dealkylation sites (tertiary alicyclic amines) is 1. The van der Waals surface area contributed by atoms with Crippen LogP contribution in [-0.2, 0) is 9.59 Å². The summed E-state index contributed by atoms with van der Waals surface area (Å²) in [6, 6.07) is 8.22. The molecule has 2 aliphatic rings. The molecule has 124 valence electrons. The molecule has 2 fully saturated rings. The number of aliphatic carboxylic acids is 1. The van der Waals surface area contributed by atoms with Gasteiger partial charge in [-0.2, -0.15) is 0 Å². The van der Waals surface area contributed by atoms with E-state index < -0.39 is 5.97 Å². The Balaban J connectivity index is 1.54. The molecule has 1 aliphatic heterocycles. The van der Waals surface area contributed by atoms with E-state index in [-0.39, 0.29) is 23.2 Å². The Labute approximate surface area is 137 Å². The van der Waals surface area contributed by atoms with Gasteiger partial charge >= 0.3 is 5.97 Å². The fraction of sp³-hybridized carbons (Fsp3) is 0.579. The van der Waals surface area contributed by atoms with Crippen LogP contribution in [0.2, 0.25) is 0 Å². The number of carbonyl (C=O) groups excluding carboxylic acids is 1. The summed E-state index contributed by atoms with van der Waals surface area (Å²) in [6.07, 6.45) is 3.01. The molecular formula is C19H25NO3. The summed E-state index contributed by atoms with van der Waals surface area (Å²) in [5.41, 5.74) is 2.46. The highest BCUT2D eigenvalue weighted by atomic mass is 16.4. The molecule has 2 atom stereocenters. The highest BCUT2D eigenvalue weighted by Crippen LogP contribution is 2.59. The molecule has 4 heteroatoms. The molecule has 1 aliphatic carbocycles. The summed E-state index contributed by atoms with van der Waals surface area (Å²) in [5.74, 6) is -0.431. The normalized spacial score (nSPS) is 23.6. The van der Waals surface area contributed by atoms with Crippen molar-refractivity contribution in [2.45, 2.75) is 45.4 Å². The lowest BCUT2D eigenvalue weighted by molar-refractivity contribution is -0.139. The molecule has 23 heavy (non-hydrogen) atoms. The van der Waals surface area contributed by atoms with Gasteiger partial charge in [-0.1, -0.05) is 31.2 Å². The molecule has 1 saturated carbocycles. The fourth-order valence-corrected chi connectivity index (χ4v) is 4.09. The van der Waals surface area contributed by atoms with Crippen LogP contribution in [0.4, 0.5) is 0 Å². The van der Waals surface area contributed by atoms with Crippen molar-refractivity contribution in [3.8, 4) is 0 Å². The number of rotatable bonds is 4. The summed E-state index contributed by atoms with van der Waals surface area (Å²) in [6.45, 7) is 5.61. The maximum Gasteiger partial charge on any atom is 0.307 e. The van der Waals surface area contributed by atoms with Crippen LogP contribution in [0.15, 0.2) is 24.3 Å². The first kappa shape index (κ1) is 16.0. The Morgan fingerprint density at radius 1 is 1.30 bits per heavy atom. The Morgan fingerprint density at radius 2 is 1.96 bits per heavy atom.